The average Bonchev–Trinajstić information content (AvgIpc) is 2.92. The fourth-order valence-corrected chi connectivity index (χ4v) is 5.43. The summed E-state index contributed by atoms with van der Waals surface area (Å²) in [6.07, 6.45) is 10.7. The van der Waals surface area contributed by atoms with E-state index in [2.05, 4.69) is 108 Å². The molecule has 6 aromatic rings. The van der Waals surface area contributed by atoms with Crippen molar-refractivity contribution in [1.29, 1.82) is 0 Å². The Labute approximate surface area is 223 Å². The van der Waals surface area contributed by atoms with E-state index in [0.717, 1.165) is 44.2 Å². The normalized spacial score (nSPS) is 11.2. The van der Waals surface area contributed by atoms with Crippen LogP contribution in [0.1, 0.15) is 22.3 Å². The van der Waals surface area contributed by atoms with Gasteiger partial charge in [-0.3, -0.25) is 0 Å². The van der Waals surface area contributed by atoms with Crippen molar-refractivity contribution >= 4 is 10.8 Å². The first-order valence-corrected chi connectivity index (χ1v) is 12.7. The van der Waals surface area contributed by atoms with Crippen LogP contribution in [0.25, 0.3) is 55.3 Å². The molecular weight excluding hydrogens is 464 g/mol. The van der Waals surface area contributed by atoms with Gasteiger partial charge in [0.1, 0.15) is 12.7 Å². The second-order valence-electron chi connectivity index (χ2n) is 10.1. The van der Waals surface area contributed by atoms with Crippen molar-refractivity contribution in [3.8, 4) is 44.5 Å². The number of nitrogens with zero attached hydrogens (tertiary/aromatic N) is 4. The van der Waals surface area contributed by atoms with Crippen LogP contribution in [0.3, 0.4) is 0 Å². The van der Waals surface area contributed by atoms with E-state index in [0.29, 0.717) is 0 Å². The van der Waals surface area contributed by atoms with E-state index in [1.165, 1.54) is 33.4 Å². The predicted molar refractivity (Wildman–Crippen MR) is 156 cm³/mol. The largest absolute Gasteiger partial charge is 0.244 e. The van der Waals surface area contributed by atoms with Gasteiger partial charge in [-0.05, 0) is 96.1 Å². The standard InChI is InChI=1S/C34H28N4/c1-21-5-22(2)8-25(7-21)27-11-31(29-15-35-19-36-16-29)34-14-28(26-9-23(3)6-24(4)10-26)12-32(33(34)13-27)30-17-37-20-38-18-30/h5-20H,1-4H3. The van der Waals surface area contributed by atoms with Gasteiger partial charge in [-0.1, -0.05) is 58.7 Å². The molecule has 38 heavy (non-hydrogen) atoms. The molecule has 0 amide bonds. The Balaban J connectivity index is 1.74. The quantitative estimate of drug-likeness (QED) is 0.248. The molecule has 0 aliphatic carbocycles. The highest BCUT2D eigenvalue weighted by atomic mass is 14.8. The van der Waals surface area contributed by atoms with E-state index in [9.17, 15) is 0 Å². The summed E-state index contributed by atoms with van der Waals surface area (Å²) in [5.41, 5.74) is 13.8. The molecule has 0 spiro atoms. The van der Waals surface area contributed by atoms with Crippen molar-refractivity contribution in [2.24, 2.45) is 0 Å². The summed E-state index contributed by atoms with van der Waals surface area (Å²) in [6.45, 7) is 8.58. The Bertz CT molecular complexity index is 1620. The molecule has 0 bridgehead atoms. The lowest BCUT2D eigenvalue weighted by molar-refractivity contribution is 1.17. The maximum atomic E-state index is 4.35. The van der Waals surface area contributed by atoms with Gasteiger partial charge in [0.15, 0.2) is 0 Å². The van der Waals surface area contributed by atoms with E-state index in [1.54, 1.807) is 12.7 Å². The molecule has 0 aliphatic rings. The summed E-state index contributed by atoms with van der Waals surface area (Å²) in [4.78, 5) is 17.4. The smallest absolute Gasteiger partial charge is 0.115 e. The molecule has 0 atom stereocenters. The van der Waals surface area contributed by atoms with Gasteiger partial charge in [0.05, 0.1) is 0 Å². The highest BCUT2D eigenvalue weighted by Gasteiger charge is 2.16. The molecule has 6 rings (SSSR count). The molecular formula is C34H28N4. The van der Waals surface area contributed by atoms with Crippen LogP contribution in [0.5, 0.6) is 0 Å². The summed E-state index contributed by atoms with van der Waals surface area (Å²) >= 11 is 0. The zero-order chi connectivity index (χ0) is 26.2. The van der Waals surface area contributed by atoms with Crippen LogP contribution < -0.4 is 0 Å². The third-order valence-corrected chi connectivity index (χ3v) is 6.92. The summed E-state index contributed by atoms with van der Waals surface area (Å²) < 4.78 is 0. The molecule has 0 fully saturated rings. The highest BCUT2D eigenvalue weighted by Crippen LogP contribution is 2.41. The van der Waals surface area contributed by atoms with Crippen molar-refractivity contribution in [1.82, 2.24) is 19.9 Å². The molecule has 2 heterocycles. The molecule has 0 saturated heterocycles. The summed E-state index contributed by atoms with van der Waals surface area (Å²) in [6, 6.07) is 22.5. The highest BCUT2D eigenvalue weighted by molar-refractivity contribution is 6.08. The molecule has 4 nitrogen and oxygen atoms in total. The van der Waals surface area contributed by atoms with Gasteiger partial charge in [-0.15, -0.1) is 0 Å². The van der Waals surface area contributed by atoms with Crippen LogP contribution in [-0.4, -0.2) is 19.9 Å². The number of rotatable bonds is 4. The maximum absolute atomic E-state index is 4.35. The van der Waals surface area contributed by atoms with Gasteiger partial charge in [-0.2, -0.15) is 0 Å². The fraction of sp³-hybridized carbons (Fsp3) is 0.118. The topological polar surface area (TPSA) is 51.6 Å². The van der Waals surface area contributed by atoms with E-state index in [1.807, 2.05) is 24.8 Å². The van der Waals surface area contributed by atoms with Crippen LogP contribution in [0.2, 0.25) is 0 Å². The zero-order valence-electron chi connectivity index (χ0n) is 22.0. The second-order valence-corrected chi connectivity index (χ2v) is 10.1. The minimum atomic E-state index is 0.983. The Kier molecular flexibility index (Phi) is 6.01. The number of benzene rings is 4. The molecule has 184 valence electrons. The van der Waals surface area contributed by atoms with E-state index in [4.69, 9.17) is 0 Å². The van der Waals surface area contributed by atoms with Crippen molar-refractivity contribution in [3.05, 3.63) is 120 Å². The van der Waals surface area contributed by atoms with Gasteiger partial charge >= 0.3 is 0 Å². The van der Waals surface area contributed by atoms with E-state index >= 15 is 0 Å². The second kappa shape index (κ2) is 9.64. The average molecular weight is 493 g/mol. The molecule has 0 N–H and O–H groups in total. The van der Waals surface area contributed by atoms with Crippen LogP contribution in [-0.2, 0) is 0 Å². The van der Waals surface area contributed by atoms with Crippen molar-refractivity contribution in [3.63, 3.8) is 0 Å². The van der Waals surface area contributed by atoms with Gasteiger partial charge in [0.2, 0.25) is 0 Å². The summed E-state index contributed by atoms with van der Waals surface area (Å²) in [5.74, 6) is 0. The molecule has 0 unspecified atom stereocenters. The van der Waals surface area contributed by atoms with E-state index < -0.39 is 0 Å². The minimum absolute atomic E-state index is 0.983. The number of hydrogen-bond donors (Lipinski definition) is 0. The number of aryl methyl sites for hydroxylation is 4. The molecule has 0 radical (unpaired) electrons. The lowest BCUT2D eigenvalue weighted by atomic mass is 9.87. The summed E-state index contributed by atoms with van der Waals surface area (Å²) in [7, 11) is 0. The first-order chi connectivity index (χ1) is 18.4. The lowest BCUT2D eigenvalue weighted by Crippen LogP contribution is -1.93. The first kappa shape index (κ1) is 23.7. The SMILES string of the molecule is Cc1cc(C)cc(-c2cc(-c3cncnc3)c3cc(-c4cc(C)cc(C)c4)cc(-c4cncnc4)c3c2)c1. The molecule has 4 heteroatoms. The van der Waals surface area contributed by atoms with Crippen LogP contribution in [0, 0.1) is 27.7 Å². The summed E-state index contributed by atoms with van der Waals surface area (Å²) in [5, 5.41) is 2.28. The maximum Gasteiger partial charge on any atom is 0.115 e. The Morgan fingerprint density at radius 2 is 0.658 bits per heavy atom. The zero-order valence-corrected chi connectivity index (χ0v) is 22.0. The van der Waals surface area contributed by atoms with E-state index in [-0.39, 0.29) is 0 Å². The predicted octanol–water partition coefficient (Wildman–Crippen LogP) is 8.32. The van der Waals surface area contributed by atoms with Crippen LogP contribution in [0.4, 0.5) is 0 Å². The first-order valence-electron chi connectivity index (χ1n) is 12.7. The Morgan fingerprint density at radius 3 is 1.00 bits per heavy atom. The number of fused-ring (bicyclic) bond motifs is 1. The number of aromatic nitrogens is 4. The van der Waals surface area contributed by atoms with Crippen LogP contribution in [0.15, 0.2) is 98.1 Å². The Hall–Kier alpha value is -4.70. The number of hydrogen-bond acceptors (Lipinski definition) is 4. The molecule has 4 aromatic carbocycles. The van der Waals surface area contributed by atoms with Gasteiger partial charge in [0, 0.05) is 35.9 Å². The molecule has 2 aromatic heterocycles. The lowest BCUT2D eigenvalue weighted by Gasteiger charge is -2.17. The third-order valence-electron chi connectivity index (χ3n) is 6.92. The van der Waals surface area contributed by atoms with Gasteiger partial charge in [0.25, 0.3) is 0 Å². The van der Waals surface area contributed by atoms with Gasteiger partial charge in [-0.25, -0.2) is 19.9 Å². The van der Waals surface area contributed by atoms with Crippen molar-refractivity contribution < 1.29 is 0 Å². The van der Waals surface area contributed by atoms with Gasteiger partial charge < -0.3 is 0 Å². The van der Waals surface area contributed by atoms with Crippen molar-refractivity contribution in [2.45, 2.75) is 27.7 Å². The minimum Gasteiger partial charge on any atom is -0.244 e. The third kappa shape index (κ3) is 4.57. The van der Waals surface area contributed by atoms with Crippen molar-refractivity contribution in [2.75, 3.05) is 0 Å². The molecule has 0 saturated carbocycles. The molecule has 0 aliphatic heterocycles. The van der Waals surface area contributed by atoms with Crippen LogP contribution >= 0.6 is 0 Å². The monoisotopic (exact) mass is 492 g/mol. The fourth-order valence-electron chi connectivity index (χ4n) is 5.43. The Morgan fingerprint density at radius 1 is 0.342 bits per heavy atom.